The van der Waals surface area contributed by atoms with Crippen LogP contribution >= 0.6 is 0 Å². The number of benzene rings is 5. The number of ether oxygens (including phenoxy) is 1. The Morgan fingerprint density at radius 1 is 0.706 bits per heavy atom. The first-order valence-electron chi connectivity index (χ1n) is 19.2. The summed E-state index contributed by atoms with van der Waals surface area (Å²) in [6, 6.07) is 37.8. The summed E-state index contributed by atoms with van der Waals surface area (Å²) >= 11 is 0. The third-order valence-electron chi connectivity index (χ3n) is 11.6. The Kier molecular flexibility index (Phi) is 10.4. The van der Waals surface area contributed by atoms with Crippen molar-refractivity contribution in [3.05, 3.63) is 143 Å². The van der Waals surface area contributed by atoms with E-state index in [1.165, 1.54) is 71.9 Å². The van der Waals surface area contributed by atoms with Crippen LogP contribution in [0.5, 0.6) is 5.75 Å². The fourth-order valence-corrected chi connectivity index (χ4v) is 11.9. The monoisotopic (exact) mass is 690 g/mol. The Hall–Kier alpha value is -4.14. The lowest BCUT2D eigenvalue weighted by molar-refractivity contribution is 0.353. The highest BCUT2D eigenvalue weighted by Gasteiger charge is 2.45. The molecule has 6 rings (SSSR count). The number of aryl methyl sites for hydroxylation is 1. The molecule has 2 heteroatoms. The van der Waals surface area contributed by atoms with Gasteiger partial charge in [0.1, 0.15) is 12.4 Å². The molecule has 0 saturated carbocycles. The van der Waals surface area contributed by atoms with Crippen LogP contribution in [0.2, 0.25) is 13.1 Å². The first-order chi connectivity index (χ1) is 24.3. The van der Waals surface area contributed by atoms with Gasteiger partial charge in [-0.15, -0.1) is 0 Å². The second kappa shape index (κ2) is 14.5. The zero-order valence-electron chi connectivity index (χ0n) is 32.8. The molecule has 0 N–H and O–H groups in total. The molecule has 264 valence electrons. The Balaban J connectivity index is 1.59. The van der Waals surface area contributed by atoms with Crippen LogP contribution < -0.4 is 9.92 Å². The predicted octanol–water partition coefficient (Wildman–Crippen LogP) is 13.5. The lowest BCUT2D eigenvalue weighted by atomic mass is 9.85. The van der Waals surface area contributed by atoms with Gasteiger partial charge in [-0.25, -0.2) is 0 Å². The fourth-order valence-electron chi connectivity index (χ4n) is 8.18. The van der Waals surface area contributed by atoms with Crippen molar-refractivity contribution in [1.29, 1.82) is 0 Å². The fraction of sp³-hybridized carbons (Fsp3) is 0.347. The summed E-state index contributed by atoms with van der Waals surface area (Å²) in [6.07, 6.45) is 4.15. The van der Waals surface area contributed by atoms with Crippen LogP contribution in [0.25, 0.3) is 33.4 Å². The Labute approximate surface area is 309 Å². The molecule has 0 saturated heterocycles. The standard InChI is InChI=1S/C49H58OSi/c1-12-25-50-47-45(49(7,8)9)26-32(4)27-46(47)51(10,11)48-43-30-39(37-19-15-17-35(28-37)33(5)13-2)21-23-41(43)42-24-22-40(31-44(42)48)38-20-16-18-36(29-38)34(6)14-3/h12,15-24,26-31,33-34,48H,1,13-14,25H2,2-11H3. The maximum absolute atomic E-state index is 6.72. The molecule has 5 aromatic rings. The molecule has 0 fully saturated rings. The van der Waals surface area contributed by atoms with Gasteiger partial charge in [0, 0.05) is 5.54 Å². The zero-order chi connectivity index (χ0) is 36.7. The van der Waals surface area contributed by atoms with Crippen molar-refractivity contribution in [1.82, 2.24) is 0 Å². The molecule has 1 nitrogen and oxygen atoms in total. The molecule has 2 atom stereocenters. The molecule has 0 aliphatic heterocycles. The van der Waals surface area contributed by atoms with Crippen molar-refractivity contribution in [3.8, 4) is 39.1 Å². The van der Waals surface area contributed by atoms with Crippen molar-refractivity contribution >= 4 is 13.3 Å². The van der Waals surface area contributed by atoms with Gasteiger partial charge in [-0.3, -0.25) is 0 Å². The molecular weight excluding hydrogens is 633 g/mol. The van der Waals surface area contributed by atoms with E-state index in [1.807, 2.05) is 6.08 Å². The largest absolute Gasteiger partial charge is 0.489 e. The summed E-state index contributed by atoms with van der Waals surface area (Å²) in [4.78, 5) is 0. The van der Waals surface area contributed by atoms with Gasteiger partial charge in [0.25, 0.3) is 0 Å². The van der Waals surface area contributed by atoms with Crippen LogP contribution in [0.1, 0.15) is 112 Å². The van der Waals surface area contributed by atoms with E-state index in [0.29, 0.717) is 18.4 Å². The van der Waals surface area contributed by atoms with Gasteiger partial charge in [-0.05, 0) is 103 Å². The molecule has 1 aliphatic carbocycles. The summed E-state index contributed by atoms with van der Waals surface area (Å²) in [5, 5.41) is 1.39. The minimum atomic E-state index is -2.36. The third kappa shape index (κ3) is 7.05. The van der Waals surface area contributed by atoms with E-state index in [1.54, 1.807) is 0 Å². The van der Waals surface area contributed by atoms with Crippen molar-refractivity contribution in [2.45, 2.75) is 104 Å². The van der Waals surface area contributed by atoms with E-state index in [2.05, 4.69) is 172 Å². The average Bonchev–Trinajstić information content (AvgIpc) is 3.46. The summed E-state index contributed by atoms with van der Waals surface area (Å²) < 4.78 is 6.72. The second-order valence-electron chi connectivity index (χ2n) is 16.7. The second-order valence-corrected chi connectivity index (χ2v) is 21.2. The summed E-state index contributed by atoms with van der Waals surface area (Å²) in [7, 11) is -2.36. The number of fused-ring (bicyclic) bond motifs is 3. The van der Waals surface area contributed by atoms with Gasteiger partial charge in [-0.2, -0.15) is 0 Å². The zero-order valence-corrected chi connectivity index (χ0v) is 33.8. The van der Waals surface area contributed by atoms with E-state index < -0.39 is 8.07 Å². The van der Waals surface area contributed by atoms with Crippen LogP contribution in [0.4, 0.5) is 0 Å². The molecule has 2 unspecified atom stereocenters. The first kappa shape index (κ1) is 36.6. The first-order valence-corrected chi connectivity index (χ1v) is 22.2. The molecule has 51 heavy (non-hydrogen) atoms. The van der Waals surface area contributed by atoms with Crippen LogP contribution in [0.15, 0.2) is 110 Å². The Bertz CT molecular complexity index is 1960. The molecular formula is C49H58OSi. The smallest absolute Gasteiger partial charge is 0.122 e. The predicted molar refractivity (Wildman–Crippen MR) is 225 cm³/mol. The van der Waals surface area contributed by atoms with Crippen molar-refractivity contribution < 1.29 is 4.74 Å². The van der Waals surface area contributed by atoms with E-state index in [4.69, 9.17) is 4.74 Å². The van der Waals surface area contributed by atoms with Crippen molar-refractivity contribution in [3.63, 3.8) is 0 Å². The average molecular weight is 691 g/mol. The highest BCUT2D eigenvalue weighted by Crippen LogP contribution is 2.52. The van der Waals surface area contributed by atoms with Crippen LogP contribution in [-0.2, 0) is 5.41 Å². The third-order valence-corrected chi connectivity index (χ3v) is 15.4. The van der Waals surface area contributed by atoms with Gasteiger partial charge in [-0.1, -0.05) is 177 Å². The molecule has 0 heterocycles. The van der Waals surface area contributed by atoms with Crippen molar-refractivity contribution in [2.75, 3.05) is 6.61 Å². The highest BCUT2D eigenvalue weighted by atomic mass is 28.3. The van der Waals surface area contributed by atoms with Gasteiger partial charge in [0.2, 0.25) is 0 Å². The van der Waals surface area contributed by atoms with Crippen molar-refractivity contribution in [2.24, 2.45) is 0 Å². The molecule has 0 radical (unpaired) electrons. The minimum Gasteiger partial charge on any atom is -0.489 e. The minimum absolute atomic E-state index is 0.0606. The lowest BCUT2D eigenvalue weighted by Crippen LogP contribution is -2.49. The van der Waals surface area contributed by atoms with Crippen LogP contribution in [-0.4, -0.2) is 14.7 Å². The molecule has 0 aromatic heterocycles. The normalized spacial score (nSPS) is 15.2. The SMILES string of the molecule is C=CCOc1c(C(C)(C)C)cc(C)cc1[Si](C)(C)C1c2cc(-c3cccc(C(C)CC)c3)ccc2-c2ccc(-c3cccc(C(C)CC)c3)cc21. The van der Waals surface area contributed by atoms with E-state index in [9.17, 15) is 0 Å². The van der Waals surface area contributed by atoms with Gasteiger partial charge in [0.15, 0.2) is 0 Å². The maximum atomic E-state index is 6.72. The maximum Gasteiger partial charge on any atom is 0.122 e. The molecule has 0 bridgehead atoms. The quantitative estimate of drug-likeness (QED) is 0.0990. The molecule has 0 amide bonds. The van der Waals surface area contributed by atoms with Crippen LogP contribution in [0, 0.1) is 6.92 Å². The van der Waals surface area contributed by atoms with E-state index >= 15 is 0 Å². The number of hydrogen-bond acceptors (Lipinski definition) is 1. The number of rotatable bonds is 11. The Morgan fingerprint density at radius 3 is 1.65 bits per heavy atom. The summed E-state index contributed by atoms with van der Waals surface area (Å²) in [5.41, 5.74) is 16.4. The van der Waals surface area contributed by atoms with E-state index in [0.717, 1.165) is 18.6 Å². The summed E-state index contributed by atoms with van der Waals surface area (Å²) in [6.45, 7) is 28.1. The van der Waals surface area contributed by atoms with Gasteiger partial charge < -0.3 is 4.74 Å². The molecule has 5 aromatic carbocycles. The Morgan fingerprint density at radius 2 is 1.20 bits per heavy atom. The van der Waals surface area contributed by atoms with Gasteiger partial charge >= 0.3 is 0 Å². The molecule has 0 spiro atoms. The van der Waals surface area contributed by atoms with Crippen LogP contribution in [0.3, 0.4) is 0 Å². The lowest BCUT2D eigenvalue weighted by Gasteiger charge is -2.36. The number of hydrogen-bond donors (Lipinski definition) is 0. The topological polar surface area (TPSA) is 9.23 Å². The molecule has 1 aliphatic rings. The highest BCUT2D eigenvalue weighted by molar-refractivity contribution is 6.92. The van der Waals surface area contributed by atoms with E-state index in [-0.39, 0.29) is 11.0 Å². The summed E-state index contributed by atoms with van der Waals surface area (Å²) in [5.74, 6) is 2.13. The van der Waals surface area contributed by atoms with Gasteiger partial charge in [0.05, 0.1) is 8.07 Å².